The van der Waals surface area contributed by atoms with Gasteiger partial charge in [0.05, 0.1) is 10.0 Å². The lowest BCUT2D eigenvalue weighted by molar-refractivity contribution is 1.08. The number of benzene rings is 1. The SMILES string of the molecule is C=Cc1cc2cccnc2n1-c1ccc(Cl)c(Cl)c1. The van der Waals surface area contributed by atoms with Gasteiger partial charge in [-0.2, -0.15) is 0 Å². The second-order valence-corrected chi connectivity index (χ2v) is 4.94. The van der Waals surface area contributed by atoms with Crippen molar-refractivity contribution in [2.45, 2.75) is 0 Å². The molecule has 0 aliphatic heterocycles. The van der Waals surface area contributed by atoms with Gasteiger partial charge >= 0.3 is 0 Å². The van der Waals surface area contributed by atoms with Crippen LogP contribution < -0.4 is 0 Å². The third kappa shape index (κ3) is 2.03. The fraction of sp³-hybridized carbons (Fsp3) is 0. The van der Waals surface area contributed by atoms with Crippen molar-refractivity contribution in [3.05, 3.63) is 64.9 Å². The van der Waals surface area contributed by atoms with E-state index in [0.29, 0.717) is 10.0 Å². The number of hydrogen-bond donors (Lipinski definition) is 0. The van der Waals surface area contributed by atoms with E-state index in [1.54, 1.807) is 18.3 Å². The summed E-state index contributed by atoms with van der Waals surface area (Å²) in [6, 6.07) is 11.5. The van der Waals surface area contributed by atoms with E-state index < -0.39 is 0 Å². The van der Waals surface area contributed by atoms with Crippen molar-refractivity contribution < 1.29 is 0 Å². The summed E-state index contributed by atoms with van der Waals surface area (Å²) in [4.78, 5) is 4.42. The van der Waals surface area contributed by atoms with E-state index in [9.17, 15) is 0 Å². The second-order valence-electron chi connectivity index (χ2n) is 4.12. The van der Waals surface area contributed by atoms with Crippen molar-refractivity contribution in [2.24, 2.45) is 0 Å². The summed E-state index contributed by atoms with van der Waals surface area (Å²) in [6.07, 6.45) is 3.56. The first-order chi connectivity index (χ1) is 9.20. The van der Waals surface area contributed by atoms with Crippen LogP contribution in [-0.4, -0.2) is 9.55 Å². The molecule has 3 aromatic rings. The number of aromatic nitrogens is 2. The van der Waals surface area contributed by atoms with E-state index in [-0.39, 0.29) is 0 Å². The highest BCUT2D eigenvalue weighted by Crippen LogP contribution is 2.28. The molecular weight excluding hydrogens is 279 g/mol. The fourth-order valence-electron chi connectivity index (χ4n) is 2.10. The van der Waals surface area contributed by atoms with Crippen LogP contribution in [0, 0.1) is 0 Å². The van der Waals surface area contributed by atoms with Crippen molar-refractivity contribution in [3.8, 4) is 5.69 Å². The number of halogens is 2. The summed E-state index contributed by atoms with van der Waals surface area (Å²) in [5.74, 6) is 0. The van der Waals surface area contributed by atoms with Gasteiger partial charge in [-0.3, -0.25) is 4.57 Å². The molecule has 0 unspecified atom stereocenters. The van der Waals surface area contributed by atoms with Gasteiger partial charge in [-0.05, 0) is 42.5 Å². The van der Waals surface area contributed by atoms with Crippen molar-refractivity contribution >= 4 is 40.3 Å². The Morgan fingerprint density at radius 1 is 1.11 bits per heavy atom. The van der Waals surface area contributed by atoms with E-state index in [1.807, 2.05) is 34.9 Å². The summed E-state index contributed by atoms with van der Waals surface area (Å²) in [6.45, 7) is 3.84. The predicted molar refractivity (Wildman–Crippen MR) is 81.2 cm³/mol. The van der Waals surface area contributed by atoms with E-state index in [0.717, 1.165) is 22.4 Å². The lowest BCUT2D eigenvalue weighted by Crippen LogP contribution is -1.97. The molecule has 19 heavy (non-hydrogen) atoms. The summed E-state index contributed by atoms with van der Waals surface area (Å²) < 4.78 is 2.00. The van der Waals surface area contributed by atoms with Crippen molar-refractivity contribution in [1.29, 1.82) is 0 Å². The van der Waals surface area contributed by atoms with Crippen molar-refractivity contribution in [3.63, 3.8) is 0 Å². The molecule has 1 aromatic carbocycles. The molecular formula is C15H10Cl2N2. The van der Waals surface area contributed by atoms with Crippen LogP contribution in [0.15, 0.2) is 49.2 Å². The van der Waals surface area contributed by atoms with E-state index in [2.05, 4.69) is 11.6 Å². The molecule has 0 aliphatic carbocycles. The number of nitrogens with zero attached hydrogens (tertiary/aromatic N) is 2. The maximum Gasteiger partial charge on any atom is 0.144 e. The second kappa shape index (κ2) is 4.72. The number of hydrogen-bond acceptors (Lipinski definition) is 1. The molecule has 94 valence electrons. The molecule has 4 heteroatoms. The minimum Gasteiger partial charge on any atom is -0.295 e. The van der Waals surface area contributed by atoms with E-state index in [4.69, 9.17) is 23.2 Å². The Labute approximate surface area is 120 Å². The first kappa shape index (κ1) is 12.3. The highest BCUT2D eigenvalue weighted by atomic mass is 35.5. The van der Waals surface area contributed by atoms with Gasteiger partial charge in [0.1, 0.15) is 5.65 Å². The van der Waals surface area contributed by atoms with Gasteiger partial charge < -0.3 is 0 Å². The van der Waals surface area contributed by atoms with Crippen LogP contribution in [-0.2, 0) is 0 Å². The Balaban J connectivity index is 2.34. The quantitative estimate of drug-likeness (QED) is 0.651. The van der Waals surface area contributed by atoms with Gasteiger partial charge in [0, 0.05) is 23.0 Å². The van der Waals surface area contributed by atoms with Crippen molar-refractivity contribution in [2.75, 3.05) is 0 Å². The number of rotatable bonds is 2. The molecule has 0 saturated carbocycles. The minimum absolute atomic E-state index is 0.520. The molecule has 0 fully saturated rings. The third-order valence-electron chi connectivity index (χ3n) is 2.96. The zero-order valence-corrected chi connectivity index (χ0v) is 11.5. The fourth-order valence-corrected chi connectivity index (χ4v) is 2.39. The normalized spacial score (nSPS) is 10.8. The minimum atomic E-state index is 0.520. The summed E-state index contributed by atoms with van der Waals surface area (Å²) >= 11 is 12.0. The monoisotopic (exact) mass is 288 g/mol. The average Bonchev–Trinajstić information content (AvgIpc) is 2.80. The topological polar surface area (TPSA) is 17.8 Å². The Morgan fingerprint density at radius 3 is 2.68 bits per heavy atom. The van der Waals surface area contributed by atoms with Gasteiger partial charge in [-0.1, -0.05) is 29.8 Å². The maximum atomic E-state index is 6.09. The average molecular weight is 289 g/mol. The zero-order valence-electron chi connectivity index (χ0n) is 9.98. The highest BCUT2D eigenvalue weighted by Gasteiger charge is 2.10. The first-order valence-electron chi connectivity index (χ1n) is 5.75. The molecule has 0 aliphatic rings. The molecule has 0 spiro atoms. The van der Waals surface area contributed by atoms with Crippen molar-refractivity contribution in [1.82, 2.24) is 9.55 Å². The molecule has 3 rings (SSSR count). The van der Waals surface area contributed by atoms with E-state index >= 15 is 0 Å². The molecule has 0 saturated heterocycles. The van der Waals surface area contributed by atoms with Gasteiger partial charge in [-0.15, -0.1) is 0 Å². The Morgan fingerprint density at radius 2 is 1.95 bits per heavy atom. The van der Waals surface area contributed by atoms with Crippen LogP contribution in [0.1, 0.15) is 5.69 Å². The van der Waals surface area contributed by atoms with Crippen LogP contribution in [0.25, 0.3) is 22.8 Å². The van der Waals surface area contributed by atoms with Crippen LogP contribution in [0.5, 0.6) is 0 Å². The molecule has 0 bridgehead atoms. The summed E-state index contributed by atoms with van der Waals surface area (Å²) in [7, 11) is 0. The maximum absolute atomic E-state index is 6.09. The molecule has 2 heterocycles. The van der Waals surface area contributed by atoms with Crippen LogP contribution >= 0.6 is 23.2 Å². The van der Waals surface area contributed by atoms with Gasteiger partial charge in [0.2, 0.25) is 0 Å². The zero-order chi connectivity index (χ0) is 13.4. The summed E-state index contributed by atoms with van der Waals surface area (Å²) in [5, 5.41) is 2.12. The first-order valence-corrected chi connectivity index (χ1v) is 6.50. The molecule has 0 amide bonds. The molecule has 0 radical (unpaired) electrons. The Hall–Kier alpha value is -1.77. The Kier molecular flexibility index (Phi) is 3.05. The lowest BCUT2D eigenvalue weighted by Gasteiger charge is -2.08. The largest absolute Gasteiger partial charge is 0.295 e. The van der Waals surface area contributed by atoms with Gasteiger partial charge in [0.25, 0.3) is 0 Å². The third-order valence-corrected chi connectivity index (χ3v) is 3.70. The predicted octanol–water partition coefficient (Wildman–Crippen LogP) is 4.98. The van der Waals surface area contributed by atoms with Gasteiger partial charge in [0.15, 0.2) is 0 Å². The van der Waals surface area contributed by atoms with Crippen LogP contribution in [0.2, 0.25) is 10.0 Å². The summed E-state index contributed by atoms with van der Waals surface area (Å²) in [5.41, 5.74) is 2.75. The van der Waals surface area contributed by atoms with Gasteiger partial charge in [-0.25, -0.2) is 4.98 Å². The highest BCUT2D eigenvalue weighted by molar-refractivity contribution is 6.42. The molecule has 0 atom stereocenters. The Bertz CT molecular complexity index is 775. The van der Waals surface area contributed by atoms with Crippen LogP contribution in [0.3, 0.4) is 0 Å². The molecule has 2 nitrogen and oxygen atoms in total. The van der Waals surface area contributed by atoms with E-state index in [1.165, 1.54) is 0 Å². The molecule has 0 N–H and O–H groups in total. The number of fused-ring (bicyclic) bond motifs is 1. The number of pyridine rings is 1. The smallest absolute Gasteiger partial charge is 0.144 e. The standard InChI is InChI=1S/C15H10Cl2N2/c1-2-11-8-10-4-3-7-18-15(10)19(11)12-5-6-13(16)14(17)9-12/h2-9H,1H2. The molecule has 2 aromatic heterocycles. The van der Waals surface area contributed by atoms with Crippen LogP contribution in [0.4, 0.5) is 0 Å². The lowest BCUT2D eigenvalue weighted by atomic mass is 10.3.